The van der Waals surface area contributed by atoms with E-state index in [4.69, 9.17) is 10.7 Å². The highest BCUT2D eigenvalue weighted by Gasteiger charge is 2.21. The van der Waals surface area contributed by atoms with Gasteiger partial charge in [0.05, 0.1) is 17.1 Å². The number of hydrogen-bond acceptors (Lipinski definition) is 4. The van der Waals surface area contributed by atoms with E-state index in [-0.39, 0.29) is 5.91 Å². The SMILES string of the molecule is Cc1nc2c(nc1NC(=O)c1ccccc1)CCc1cc(N)ccc1-2. The van der Waals surface area contributed by atoms with Crippen LogP contribution in [0.25, 0.3) is 11.3 Å². The number of amides is 1. The van der Waals surface area contributed by atoms with Gasteiger partial charge in [-0.3, -0.25) is 4.79 Å². The maximum absolute atomic E-state index is 12.4. The lowest BCUT2D eigenvalue weighted by Gasteiger charge is -2.20. The fourth-order valence-corrected chi connectivity index (χ4v) is 3.14. The van der Waals surface area contributed by atoms with Crippen LogP contribution in [0.4, 0.5) is 11.5 Å². The van der Waals surface area contributed by atoms with Crippen LogP contribution in [0.15, 0.2) is 48.5 Å². The van der Waals surface area contributed by atoms with E-state index >= 15 is 0 Å². The summed E-state index contributed by atoms with van der Waals surface area (Å²) in [5.41, 5.74) is 12.0. The van der Waals surface area contributed by atoms with Gasteiger partial charge < -0.3 is 11.1 Å². The van der Waals surface area contributed by atoms with Gasteiger partial charge in [-0.2, -0.15) is 0 Å². The van der Waals surface area contributed by atoms with Crippen LogP contribution in [0.3, 0.4) is 0 Å². The second-order valence-electron chi connectivity index (χ2n) is 6.19. The first-order valence-electron chi connectivity index (χ1n) is 8.24. The van der Waals surface area contributed by atoms with Crippen LogP contribution in [0, 0.1) is 6.92 Å². The van der Waals surface area contributed by atoms with E-state index in [1.807, 2.05) is 43.3 Å². The second kappa shape index (κ2) is 6.02. The Labute approximate surface area is 145 Å². The summed E-state index contributed by atoms with van der Waals surface area (Å²) in [5, 5.41) is 2.88. The van der Waals surface area contributed by atoms with Gasteiger partial charge in [0.1, 0.15) is 0 Å². The van der Waals surface area contributed by atoms with Gasteiger partial charge in [0.2, 0.25) is 0 Å². The van der Waals surface area contributed by atoms with E-state index in [0.29, 0.717) is 17.1 Å². The molecule has 2 aromatic carbocycles. The molecule has 0 bridgehead atoms. The van der Waals surface area contributed by atoms with Crippen LogP contribution in [0.2, 0.25) is 0 Å². The molecule has 0 saturated carbocycles. The highest BCUT2D eigenvalue weighted by molar-refractivity contribution is 6.04. The minimum absolute atomic E-state index is 0.179. The Morgan fingerprint density at radius 1 is 1.08 bits per heavy atom. The predicted molar refractivity (Wildman–Crippen MR) is 98.4 cm³/mol. The average Bonchev–Trinajstić information content (AvgIpc) is 2.63. The van der Waals surface area contributed by atoms with Crippen molar-refractivity contribution in [2.75, 3.05) is 11.1 Å². The van der Waals surface area contributed by atoms with Gasteiger partial charge in [-0.15, -0.1) is 0 Å². The molecule has 5 heteroatoms. The predicted octanol–water partition coefficient (Wildman–Crippen LogP) is 3.39. The van der Waals surface area contributed by atoms with Gasteiger partial charge in [0.15, 0.2) is 5.82 Å². The van der Waals surface area contributed by atoms with E-state index in [9.17, 15) is 4.79 Å². The third-order valence-corrected chi connectivity index (χ3v) is 4.43. The zero-order valence-electron chi connectivity index (χ0n) is 13.9. The molecule has 4 rings (SSSR count). The number of rotatable bonds is 2. The van der Waals surface area contributed by atoms with Gasteiger partial charge in [-0.1, -0.05) is 24.3 Å². The van der Waals surface area contributed by atoms with Crippen molar-refractivity contribution >= 4 is 17.4 Å². The lowest BCUT2D eigenvalue weighted by atomic mass is 9.91. The summed E-state index contributed by atoms with van der Waals surface area (Å²) >= 11 is 0. The highest BCUT2D eigenvalue weighted by atomic mass is 16.1. The number of benzene rings is 2. The number of aryl methyl sites for hydroxylation is 3. The monoisotopic (exact) mass is 330 g/mol. The van der Waals surface area contributed by atoms with Crippen molar-refractivity contribution in [1.29, 1.82) is 0 Å². The van der Waals surface area contributed by atoms with Crippen molar-refractivity contribution in [3.05, 3.63) is 71.0 Å². The molecule has 25 heavy (non-hydrogen) atoms. The van der Waals surface area contributed by atoms with Crippen molar-refractivity contribution < 1.29 is 4.79 Å². The quantitative estimate of drug-likeness (QED) is 0.706. The first-order valence-corrected chi connectivity index (χ1v) is 8.24. The zero-order valence-corrected chi connectivity index (χ0v) is 13.9. The first-order chi connectivity index (χ1) is 12.1. The lowest BCUT2D eigenvalue weighted by Crippen LogP contribution is -2.17. The molecular formula is C20H18N4O. The van der Waals surface area contributed by atoms with Gasteiger partial charge >= 0.3 is 0 Å². The van der Waals surface area contributed by atoms with Gasteiger partial charge in [0.25, 0.3) is 5.91 Å². The molecule has 1 heterocycles. The largest absolute Gasteiger partial charge is 0.399 e. The number of nitrogens with one attached hydrogen (secondary N) is 1. The number of fused-ring (bicyclic) bond motifs is 3. The van der Waals surface area contributed by atoms with E-state index < -0.39 is 0 Å². The van der Waals surface area contributed by atoms with Crippen molar-refractivity contribution in [2.24, 2.45) is 0 Å². The minimum atomic E-state index is -0.179. The van der Waals surface area contributed by atoms with E-state index in [2.05, 4.69) is 10.3 Å². The van der Waals surface area contributed by atoms with Crippen LogP contribution in [-0.2, 0) is 12.8 Å². The van der Waals surface area contributed by atoms with E-state index in [1.54, 1.807) is 12.1 Å². The van der Waals surface area contributed by atoms with Crippen LogP contribution in [-0.4, -0.2) is 15.9 Å². The molecule has 0 saturated heterocycles. The summed E-state index contributed by atoms with van der Waals surface area (Å²) < 4.78 is 0. The fourth-order valence-electron chi connectivity index (χ4n) is 3.14. The normalized spacial score (nSPS) is 12.2. The number of anilines is 2. The summed E-state index contributed by atoms with van der Waals surface area (Å²) in [4.78, 5) is 21.8. The number of nitrogen functional groups attached to an aromatic ring is 1. The number of aromatic nitrogens is 2. The molecule has 1 aromatic heterocycles. The van der Waals surface area contributed by atoms with Gasteiger partial charge in [0, 0.05) is 16.8 Å². The smallest absolute Gasteiger partial charge is 0.256 e. The Balaban J connectivity index is 1.69. The Bertz CT molecular complexity index is 967. The maximum atomic E-state index is 12.4. The first kappa shape index (κ1) is 15.3. The van der Waals surface area contributed by atoms with Crippen LogP contribution >= 0.6 is 0 Å². The molecule has 0 atom stereocenters. The van der Waals surface area contributed by atoms with Crippen molar-refractivity contribution in [3.63, 3.8) is 0 Å². The molecule has 0 unspecified atom stereocenters. The molecule has 0 fully saturated rings. The number of nitrogens with two attached hydrogens (primary N) is 1. The summed E-state index contributed by atoms with van der Waals surface area (Å²) in [6, 6.07) is 15.0. The average molecular weight is 330 g/mol. The van der Waals surface area contributed by atoms with Crippen molar-refractivity contribution in [2.45, 2.75) is 19.8 Å². The summed E-state index contributed by atoms with van der Waals surface area (Å²) in [7, 11) is 0. The third-order valence-electron chi connectivity index (χ3n) is 4.43. The Hall–Kier alpha value is -3.21. The Kier molecular flexibility index (Phi) is 3.69. The minimum Gasteiger partial charge on any atom is -0.399 e. The summed E-state index contributed by atoms with van der Waals surface area (Å²) in [6.07, 6.45) is 1.66. The topological polar surface area (TPSA) is 80.9 Å². The Morgan fingerprint density at radius 2 is 1.88 bits per heavy atom. The molecule has 3 aromatic rings. The molecule has 3 N–H and O–H groups in total. The molecule has 124 valence electrons. The molecule has 0 aliphatic heterocycles. The molecule has 1 aliphatic carbocycles. The molecule has 0 radical (unpaired) electrons. The second-order valence-corrected chi connectivity index (χ2v) is 6.19. The number of carbonyl (C=O) groups excluding carboxylic acids is 1. The highest BCUT2D eigenvalue weighted by Crippen LogP contribution is 2.33. The number of carbonyl (C=O) groups is 1. The lowest BCUT2D eigenvalue weighted by molar-refractivity contribution is 0.102. The Morgan fingerprint density at radius 3 is 2.68 bits per heavy atom. The molecule has 1 amide bonds. The zero-order chi connectivity index (χ0) is 17.4. The van der Waals surface area contributed by atoms with Crippen LogP contribution < -0.4 is 11.1 Å². The van der Waals surface area contributed by atoms with E-state index in [0.717, 1.165) is 35.5 Å². The van der Waals surface area contributed by atoms with Crippen LogP contribution in [0.1, 0.15) is 27.3 Å². The molecule has 0 spiro atoms. The summed E-state index contributed by atoms with van der Waals surface area (Å²) in [5.74, 6) is 0.341. The summed E-state index contributed by atoms with van der Waals surface area (Å²) in [6.45, 7) is 1.86. The number of nitrogens with zero attached hydrogens (tertiary/aromatic N) is 2. The van der Waals surface area contributed by atoms with Crippen molar-refractivity contribution in [3.8, 4) is 11.3 Å². The number of hydrogen-bond donors (Lipinski definition) is 2. The van der Waals surface area contributed by atoms with Crippen LogP contribution in [0.5, 0.6) is 0 Å². The molecule has 5 nitrogen and oxygen atoms in total. The standard InChI is InChI=1S/C20H18N4O/c1-12-19(24-20(25)13-5-3-2-4-6-13)23-17-10-7-14-11-15(21)8-9-16(14)18(17)22-12/h2-6,8-9,11H,7,10,21H2,1H3,(H,23,24,25). The van der Waals surface area contributed by atoms with Gasteiger partial charge in [-0.25, -0.2) is 9.97 Å². The molecular weight excluding hydrogens is 312 g/mol. The van der Waals surface area contributed by atoms with Gasteiger partial charge in [-0.05, 0) is 49.6 Å². The molecule has 1 aliphatic rings. The van der Waals surface area contributed by atoms with Crippen molar-refractivity contribution in [1.82, 2.24) is 9.97 Å². The third kappa shape index (κ3) is 2.85. The maximum Gasteiger partial charge on any atom is 0.256 e. The fraction of sp³-hybridized carbons (Fsp3) is 0.150. The van der Waals surface area contributed by atoms with E-state index in [1.165, 1.54) is 5.56 Å².